The highest BCUT2D eigenvalue weighted by Crippen LogP contribution is 2.29. The maximum absolute atomic E-state index is 12.6. The Morgan fingerprint density at radius 3 is 2.63 bits per heavy atom. The van der Waals surface area contributed by atoms with Gasteiger partial charge in [0, 0.05) is 0 Å². The molecule has 0 aromatic heterocycles. The highest BCUT2D eigenvalue weighted by atomic mass is 16.5. The second-order valence-corrected chi connectivity index (χ2v) is 5.77. The van der Waals surface area contributed by atoms with E-state index >= 15 is 0 Å². The first kappa shape index (κ1) is 18.1. The number of nitrogens with zero attached hydrogens (tertiary/aromatic N) is 1. The van der Waals surface area contributed by atoms with Gasteiger partial charge in [-0.2, -0.15) is 0 Å². The molecule has 1 fully saturated rings. The van der Waals surface area contributed by atoms with Crippen LogP contribution in [0.2, 0.25) is 0 Å². The van der Waals surface area contributed by atoms with Crippen molar-refractivity contribution in [2.45, 2.75) is 6.54 Å². The number of urea groups is 1. The van der Waals surface area contributed by atoms with E-state index in [9.17, 15) is 9.59 Å². The van der Waals surface area contributed by atoms with Gasteiger partial charge in [0.05, 0.1) is 13.7 Å². The predicted molar refractivity (Wildman–Crippen MR) is 101 cm³/mol. The molecule has 136 valence electrons. The minimum Gasteiger partial charge on any atom is -0.493 e. The number of amides is 3. The van der Waals surface area contributed by atoms with Crippen molar-refractivity contribution in [3.05, 3.63) is 65.4 Å². The monoisotopic (exact) mass is 362 g/mol. The molecule has 3 amide bonds. The predicted octanol–water partition coefficient (Wildman–Crippen LogP) is 2.80. The second-order valence-electron chi connectivity index (χ2n) is 5.77. The van der Waals surface area contributed by atoms with Crippen LogP contribution < -0.4 is 14.8 Å². The lowest BCUT2D eigenvalue weighted by Gasteiger charge is -2.11. The SMILES string of the molecule is C#CCOc1ccc(/C=C2\NC(=O)N(Cc3ccccc3)C2=O)cc1OC. The lowest BCUT2D eigenvalue weighted by molar-refractivity contribution is -0.123. The van der Waals surface area contributed by atoms with Gasteiger partial charge < -0.3 is 14.8 Å². The minimum atomic E-state index is -0.448. The summed E-state index contributed by atoms with van der Waals surface area (Å²) in [7, 11) is 1.51. The van der Waals surface area contributed by atoms with Gasteiger partial charge in [-0.25, -0.2) is 4.79 Å². The zero-order chi connectivity index (χ0) is 19.2. The fourth-order valence-electron chi connectivity index (χ4n) is 2.66. The number of ether oxygens (including phenoxy) is 2. The molecule has 1 saturated heterocycles. The maximum Gasteiger partial charge on any atom is 0.329 e. The highest BCUT2D eigenvalue weighted by Gasteiger charge is 2.33. The molecule has 6 heteroatoms. The Labute approximate surface area is 157 Å². The Kier molecular flexibility index (Phi) is 5.43. The number of hydrogen-bond donors (Lipinski definition) is 1. The number of benzene rings is 2. The lowest BCUT2D eigenvalue weighted by atomic mass is 10.1. The molecule has 1 aliphatic rings. The van der Waals surface area contributed by atoms with Crippen molar-refractivity contribution >= 4 is 18.0 Å². The molecule has 2 aromatic rings. The van der Waals surface area contributed by atoms with Gasteiger partial charge in [-0.05, 0) is 29.3 Å². The topological polar surface area (TPSA) is 67.9 Å². The van der Waals surface area contributed by atoms with E-state index in [4.69, 9.17) is 15.9 Å². The fraction of sp³-hybridized carbons (Fsp3) is 0.143. The Morgan fingerprint density at radius 1 is 1.15 bits per heavy atom. The Balaban J connectivity index is 1.80. The van der Waals surface area contributed by atoms with E-state index in [0.717, 1.165) is 5.56 Å². The van der Waals surface area contributed by atoms with Crippen LogP contribution in [0.25, 0.3) is 6.08 Å². The molecule has 0 saturated carbocycles. The molecule has 2 aromatic carbocycles. The minimum absolute atomic E-state index is 0.125. The van der Waals surface area contributed by atoms with Crippen molar-refractivity contribution in [1.29, 1.82) is 0 Å². The second kappa shape index (κ2) is 8.11. The Bertz CT molecular complexity index is 929. The summed E-state index contributed by atoms with van der Waals surface area (Å²) in [5, 5.41) is 2.61. The summed E-state index contributed by atoms with van der Waals surface area (Å²) in [6.07, 6.45) is 6.79. The van der Waals surface area contributed by atoms with Crippen LogP contribution in [-0.2, 0) is 11.3 Å². The van der Waals surface area contributed by atoms with Crippen LogP contribution in [0.15, 0.2) is 54.2 Å². The van der Waals surface area contributed by atoms with Crippen molar-refractivity contribution in [3.8, 4) is 23.8 Å². The smallest absolute Gasteiger partial charge is 0.329 e. The van der Waals surface area contributed by atoms with Crippen molar-refractivity contribution in [2.24, 2.45) is 0 Å². The third kappa shape index (κ3) is 4.10. The summed E-state index contributed by atoms with van der Waals surface area (Å²) in [5.74, 6) is 3.00. The van der Waals surface area contributed by atoms with E-state index in [0.29, 0.717) is 17.1 Å². The number of nitrogens with one attached hydrogen (secondary N) is 1. The van der Waals surface area contributed by atoms with Crippen LogP contribution in [-0.4, -0.2) is 30.6 Å². The largest absolute Gasteiger partial charge is 0.493 e. The standard InChI is InChI=1S/C21H18N2O4/c1-3-11-27-18-10-9-16(13-19(18)26-2)12-17-20(24)23(21(25)22-17)14-15-7-5-4-6-8-15/h1,4-10,12-13H,11,14H2,2H3,(H,22,25)/b17-12-. The van der Waals surface area contributed by atoms with Gasteiger partial charge in [0.15, 0.2) is 11.5 Å². The van der Waals surface area contributed by atoms with E-state index in [1.807, 2.05) is 30.3 Å². The van der Waals surface area contributed by atoms with Crippen LogP contribution in [0.3, 0.4) is 0 Å². The van der Waals surface area contributed by atoms with Gasteiger partial charge in [0.1, 0.15) is 12.3 Å². The van der Waals surface area contributed by atoms with E-state index in [1.165, 1.54) is 12.0 Å². The quantitative estimate of drug-likeness (QED) is 0.487. The van der Waals surface area contributed by atoms with Gasteiger partial charge in [0.25, 0.3) is 5.91 Å². The van der Waals surface area contributed by atoms with Crippen molar-refractivity contribution < 1.29 is 19.1 Å². The third-order valence-electron chi connectivity index (χ3n) is 3.96. The lowest BCUT2D eigenvalue weighted by Crippen LogP contribution is -2.30. The first-order valence-corrected chi connectivity index (χ1v) is 8.25. The number of carbonyl (C=O) groups excluding carboxylic acids is 2. The Hall–Kier alpha value is -3.72. The van der Waals surface area contributed by atoms with E-state index in [-0.39, 0.29) is 24.8 Å². The molecule has 0 unspecified atom stereocenters. The summed E-state index contributed by atoms with van der Waals surface area (Å²) in [5.41, 5.74) is 1.76. The van der Waals surface area contributed by atoms with E-state index in [2.05, 4.69) is 11.2 Å². The summed E-state index contributed by atoms with van der Waals surface area (Å²) in [6, 6.07) is 14.0. The summed E-state index contributed by atoms with van der Waals surface area (Å²) in [6.45, 7) is 0.338. The third-order valence-corrected chi connectivity index (χ3v) is 3.96. The van der Waals surface area contributed by atoms with Crippen LogP contribution in [0.1, 0.15) is 11.1 Å². The molecule has 6 nitrogen and oxygen atoms in total. The zero-order valence-corrected chi connectivity index (χ0v) is 14.8. The van der Waals surface area contributed by atoms with Gasteiger partial charge in [-0.1, -0.05) is 42.3 Å². The number of carbonyl (C=O) groups is 2. The van der Waals surface area contributed by atoms with E-state index < -0.39 is 6.03 Å². The average molecular weight is 362 g/mol. The first-order chi connectivity index (χ1) is 13.1. The van der Waals surface area contributed by atoms with Crippen molar-refractivity contribution in [2.75, 3.05) is 13.7 Å². The number of methoxy groups -OCH3 is 1. The molecule has 1 heterocycles. The molecule has 0 aliphatic carbocycles. The van der Waals surface area contributed by atoms with Crippen LogP contribution in [0, 0.1) is 12.3 Å². The van der Waals surface area contributed by atoms with Gasteiger partial charge in [-0.15, -0.1) is 6.42 Å². The van der Waals surface area contributed by atoms with Crippen molar-refractivity contribution in [1.82, 2.24) is 10.2 Å². The molecule has 0 spiro atoms. The highest BCUT2D eigenvalue weighted by molar-refractivity contribution is 6.13. The average Bonchev–Trinajstić information content (AvgIpc) is 2.95. The number of rotatable bonds is 6. The summed E-state index contributed by atoms with van der Waals surface area (Å²) >= 11 is 0. The van der Waals surface area contributed by atoms with Crippen molar-refractivity contribution in [3.63, 3.8) is 0 Å². The maximum atomic E-state index is 12.6. The van der Waals surface area contributed by atoms with Crippen LogP contribution >= 0.6 is 0 Å². The molecule has 1 aliphatic heterocycles. The molecular formula is C21H18N2O4. The zero-order valence-electron chi connectivity index (χ0n) is 14.8. The molecular weight excluding hydrogens is 344 g/mol. The number of terminal acetylenes is 1. The fourth-order valence-corrected chi connectivity index (χ4v) is 2.66. The molecule has 27 heavy (non-hydrogen) atoms. The molecule has 0 atom stereocenters. The summed E-state index contributed by atoms with van der Waals surface area (Å²) in [4.78, 5) is 25.9. The first-order valence-electron chi connectivity index (χ1n) is 8.25. The van der Waals surface area contributed by atoms with Gasteiger partial charge in [-0.3, -0.25) is 9.69 Å². The molecule has 3 rings (SSSR count). The normalized spacial score (nSPS) is 14.8. The van der Waals surface area contributed by atoms with Crippen LogP contribution in [0.5, 0.6) is 11.5 Å². The number of hydrogen-bond acceptors (Lipinski definition) is 4. The molecule has 0 radical (unpaired) electrons. The van der Waals surface area contributed by atoms with Crippen LogP contribution in [0.4, 0.5) is 4.79 Å². The summed E-state index contributed by atoms with van der Waals surface area (Å²) < 4.78 is 10.7. The molecule has 0 bridgehead atoms. The Morgan fingerprint density at radius 2 is 1.93 bits per heavy atom. The molecule has 1 N–H and O–H groups in total. The van der Waals surface area contributed by atoms with Gasteiger partial charge in [0.2, 0.25) is 0 Å². The van der Waals surface area contributed by atoms with Gasteiger partial charge >= 0.3 is 6.03 Å². The van der Waals surface area contributed by atoms with E-state index in [1.54, 1.807) is 24.3 Å². The number of imide groups is 1.